The summed E-state index contributed by atoms with van der Waals surface area (Å²) in [7, 11) is 0. The first kappa shape index (κ1) is 25.0. The number of hydrogen-bond acceptors (Lipinski definition) is 5. The Labute approximate surface area is 225 Å². The summed E-state index contributed by atoms with van der Waals surface area (Å²) in [6.45, 7) is 2.62. The number of hydrogen-bond donors (Lipinski definition) is 0. The summed E-state index contributed by atoms with van der Waals surface area (Å²) in [5.41, 5.74) is 1.75. The summed E-state index contributed by atoms with van der Waals surface area (Å²) < 4.78 is 27.2. The lowest BCUT2D eigenvalue weighted by Gasteiger charge is -2.16. The van der Waals surface area contributed by atoms with E-state index < -0.39 is 5.82 Å². The molecule has 0 atom stereocenters. The van der Waals surface area contributed by atoms with Gasteiger partial charge in [0, 0.05) is 10.6 Å². The van der Waals surface area contributed by atoms with E-state index in [9.17, 15) is 9.18 Å². The first-order chi connectivity index (χ1) is 16.4. The van der Waals surface area contributed by atoms with Crippen molar-refractivity contribution in [3.8, 4) is 11.5 Å². The van der Waals surface area contributed by atoms with Crippen LogP contribution in [0.1, 0.15) is 18.1 Å². The minimum atomic E-state index is -0.506. The monoisotopic (exact) mass is 625 g/mol. The van der Waals surface area contributed by atoms with Crippen LogP contribution in [0.15, 0.2) is 65.6 Å². The quantitative estimate of drug-likeness (QED) is 0.155. The first-order valence-electron chi connectivity index (χ1n) is 10.2. The second-order valence-corrected chi connectivity index (χ2v) is 10.4. The number of ether oxygens (including phenoxy) is 2. The molecule has 1 aliphatic heterocycles. The van der Waals surface area contributed by atoms with E-state index in [-0.39, 0.29) is 22.5 Å². The molecule has 9 heteroatoms. The van der Waals surface area contributed by atoms with Crippen molar-refractivity contribution >= 4 is 80.2 Å². The Kier molecular flexibility index (Phi) is 8.13. The molecule has 1 aliphatic rings. The molecule has 0 aliphatic carbocycles. The molecule has 0 bridgehead atoms. The van der Waals surface area contributed by atoms with Gasteiger partial charge in [0.1, 0.15) is 12.4 Å². The van der Waals surface area contributed by atoms with Crippen LogP contribution in [-0.4, -0.2) is 16.8 Å². The molecule has 0 unspecified atom stereocenters. The van der Waals surface area contributed by atoms with Gasteiger partial charge in [-0.1, -0.05) is 65.9 Å². The summed E-state index contributed by atoms with van der Waals surface area (Å²) in [4.78, 5) is 14.7. The van der Waals surface area contributed by atoms with Crippen LogP contribution in [0.2, 0.25) is 5.02 Å². The zero-order chi connectivity index (χ0) is 24.2. The lowest BCUT2D eigenvalue weighted by atomic mass is 10.1. The van der Waals surface area contributed by atoms with Crippen LogP contribution in [0.4, 0.5) is 10.1 Å². The topological polar surface area (TPSA) is 38.8 Å². The fourth-order valence-corrected chi connectivity index (χ4v) is 5.56. The molecular formula is C25H18ClFINO3S2. The molecule has 0 aromatic heterocycles. The van der Waals surface area contributed by atoms with Crippen molar-refractivity contribution in [3.05, 3.63) is 91.1 Å². The molecule has 0 spiro atoms. The van der Waals surface area contributed by atoms with E-state index in [1.54, 1.807) is 18.2 Å². The minimum absolute atomic E-state index is 0.140. The van der Waals surface area contributed by atoms with Gasteiger partial charge in [0.2, 0.25) is 0 Å². The van der Waals surface area contributed by atoms with Crippen LogP contribution in [0.3, 0.4) is 0 Å². The molecule has 3 aromatic rings. The summed E-state index contributed by atoms with van der Waals surface area (Å²) in [5, 5.41) is 0.629. The maximum Gasteiger partial charge on any atom is 0.270 e. The number of rotatable bonds is 7. The van der Waals surface area contributed by atoms with Crippen LogP contribution in [-0.2, 0) is 11.4 Å². The van der Waals surface area contributed by atoms with Crippen LogP contribution < -0.4 is 14.4 Å². The number of carbonyl (C=O) groups is 1. The highest BCUT2D eigenvalue weighted by Crippen LogP contribution is 2.39. The van der Waals surface area contributed by atoms with E-state index in [2.05, 4.69) is 22.6 Å². The molecule has 0 radical (unpaired) electrons. The number of para-hydroxylation sites is 1. The van der Waals surface area contributed by atoms with Gasteiger partial charge in [-0.25, -0.2) is 4.39 Å². The highest BCUT2D eigenvalue weighted by Gasteiger charge is 2.34. The molecule has 1 saturated heterocycles. The van der Waals surface area contributed by atoms with Crippen LogP contribution in [0, 0.1) is 9.39 Å². The van der Waals surface area contributed by atoms with Gasteiger partial charge >= 0.3 is 0 Å². The zero-order valence-electron chi connectivity index (χ0n) is 17.9. The van der Waals surface area contributed by atoms with Gasteiger partial charge in [0.25, 0.3) is 5.91 Å². The standard InChI is InChI=1S/C25H18ClFINO3S2/c1-2-31-21-12-15(11-19(28)23(21)32-14-16-7-3-4-8-17(16)26)13-22-24(30)29(25(33)34-22)20-10-6-5-9-18(20)27/h3-13H,2,14H2,1H3/b22-13-. The molecule has 0 N–H and O–H groups in total. The lowest BCUT2D eigenvalue weighted by molar-refractivity contribution is -0.113. The maximum absolute atomic E-state index is 14.3. The first-order valence-corrected chi connectivity index (χ1v) is 12.9. The predicted octanol–water partition coefficient (Wildman–Crippen LogP) is 7.47. The Morgan fingerprint density at radius 1 is 1.15 bits per heavy atom. The third kappa shape index (κ3) is 5.40. The normalized spacial score (nSPS) is 14.7. The Morgan fingerprint density at radius 2 is 1.88 bits per heavy atom. The van der Waals surface area contributed by atoms with Gasteiger partial charge in [-0.2, -0.15) is 0 Å². The fourth-order valence-electron chi connectivity index (χ4n) is 3.30. The molecule has 1 fully saturated rings. The molecular weight excluding hydrogens is 608 g/mol. The lowest BCUT2D eigenvalue weighted by Crippen LogP contribution is -2.28. The predicted molar refractivity (Wildman–Crippen MR) is 148 cm³/mol. The largest absolute Gasteiger partial charge is 0.490 e. The Hall–Kier alpha value is -2.14. The number of nitrogens with zero attached hydrogens (tertiary/aromatic N) is 1. The molecule has 4 rings (SSSR count). The number of thiocarbonyl (C=S) groups is 1. The molecule has 0 saturated carbocycles. The SMILES string of the molecule is CCOc1cc(/C=C2\SC(=S)N(c3ccccc3F)C2=O)cc(I)c1OCc1ccccc1Cl. The van der Waals surface area contributed by atoms with Crippen molar-refractivity contribution in [1.82, 2.24) is 0 Å². The molecule has 174 valence electrons. The number of amides is 1. The number of benzene rings is 3. The summed E-state index contributed by atoms with van der Waals surface area (Å²) in [6.07, 6.45) is 1.72. The second kappa shape index (κ2) is 11.1. The number of halogens is 3. The molecule has 1 heterocycles. The van der Waals surface area contributed by atoms with Crippen molar-refractivity contribution in [2.75, 3.05) is 11.5 Å². The van der Waals surface area contributed by atoms with Crippen molar-refractivity contribution in [1.29, 1.82) is 0 Å². The highest BCUT2D eigenvalue weighted by molar-refractivity contribution is 14.1. The third-order valence-electron chi connectivity index (χ3n) is 4.85. The van der Waals surface area contributed by atoms with Crippen LogP contribution >= 0.6 is 58.2 Å². The zero-order valence-corrected chi connectivity index (χ0v) is 22.4. The number of carbonyl (C=O) groups excluding carboxylic acids is 1. The van der Waals surface area contributed by atoms with Gasteiger partial charge in [-0.15, -0.1) is 0 Å². The Balaban J connectivity index is 1.62. The molecule has 3 aromatic carbocycles. The molecule has 4 nitrogen and oxygen atoms in total. The van der Waals surface area contributed by atoms with E-state index in [1.165, 1.54) is 17.0 Å². The molecule has 34 heavy (non-hydrogen) atoms. The summed E-state index contributed by atoms with van der Waals surface area (Å²) >= 11 is 14.9. The number of anilines is 1. The smallest absolute Gasteiger partial charge is 0.270 e. The maximum atomic E-state index is 14.3. The number of thioether (sulfide) groups is 1. The van der Waals surface area contributed by atoms with E-state index in [4.69, 9.17) is 33.3 Å². The molecule has 1 amide bonds. The van der Waals surface area contributed by atoms with Gasteiger partial charge in [-0.3, -0.25) is 9.69 Å². The van der Waals surface area contributed by atoms with E-state index in [0.717, 1.165) is 26.5 Å². The van der Waals surface area contributed by atoms with E-state index in [1.807, 2.05) is 43.3 Å². The minimum Gasteiger partial charge on any atom is -0.490 e. The average Bonchev–Trinajstić information content (AvgIpc) is 3.07. The fraction of sp³-hybridized carbons (Fsp3) is 0.120. The second-order valence-electron chi connectivity index (χ2n) is 7.11. The summed E-state index contributed by atoms with van der Waals surface area (Å²) in [6, 6.07) is 17.3. The van der Waals surface area contributed by atoms with E-state index >= 15 is 0 Å². The van der Waals surface area contributed by atoms with Gasteiger partial charge < -0.3 is 9.47 Å². The van der Waals surface area contributed by atoms with Crippen molar-refractivity contribution in [3.63, 3.8) is 0 Å². The van der Waals surface area contributed by atoms with Crippen molar-refractivity contribution in [2.24, 2.45) is 0 Å². The van der Waals surface area contributed by atoms with Gasteiger partial charge in [0.15, 0.2) is 15.8 Å². The Bertz CT molecular complexity index is 1300. The van der Waals surface area contributed by atoms with Crippen molar-refractivity contribution in [2.45, 2.75) is 13.5 Å². The van der Waals surface area contributed by atoms with Crippen LogP contribution in [0.5, 0.6) is 11.5 Å². The van der Waals surface area contributed by atoms with Crippen LogP contribution in [0.25, 0.3) is 6.08 Å². The third-order valence-corrected chi connectivity index (χ3v) is 7.32. The van der Waals surface area contributed by atoms with Crippen molar-refractivity contribution < 1.29 is 18.7 Å². The van der Waals surface area contributed by atoms with Gasteiger partial charge in [-0.05, 0) is 71.5 Å². The average molecular weight is 626 g/mol. The highest BCUT2D eigenvalue weighted by atomic mass is 127. The Morgan fingerprint density at radius 3 is 2.62 bits per heavy atom. The summed E-state index contributed by atoms with van der Waals surface area (Å²) in [5.74, 6) is 0.274. The van der Waals surface area contributed by atoms with Gasteiger partial charge in [0.05, 0.1) is 20.8 Å². The van der Waals surface area contributed by atoms with E-state index in [0.29, 0.717) is 28.0 Å².